The van der Waals surface area contributed by atoms with Gasteiger partial charge >= 0.3 is 5.97 Å². The maximum Gasteiger partial charge on any atom is 0.375 e. The molecule has 0 radical (unpaired) electrons. The first kappa shape index (κ1) is 20.3. The summed E-state index contributed by atoms with van der Waals surface area (Å²) in [6.07, 6.45) is 0.776. The van der Waals surface area contributed by atoms with Crippen LogP contribution in [-0.4, -0.2) is 29.4 Å². The van der Waals surface area contributed by atoms with E-state index in [1.165, 1.54) is 37.3 Å². The van der Waals surface area contributed by atoms with Crippen molar-refractivity contribution >= 4 is 23.3 Å². The van der Waals surface area contributed by atoms with E-state index < -0.39 is 17.0 Å². The smallest absolute Gasteiger partial charge is 0.375 e. The number of amides is 1. The molecular formula is C23H20N2O6. The molecule has 1 aliphatic rings. The number of nitro benzene ring substituents is 1. The van der Waals surface area contributed by atoms with Gasteiger partial charge in [0.2, 0.25) is 5.76 Å². The molecule has 8 nitrogen and oxygen atoms in total. The summed E-state index contributed by atoms with van der Waals surface area (Å²) < 4.78 is 10.9. The fraction of sp³-hybridized carbons (Fsp3) is 0.217. The number of rotatable bonds is 5. The number of nitro groups is 1. The molecule has 1 atom stereocenters. The summed E-state index contributed by atoms with van der Waals surface area (Å²) in [7, 11) is 0. The van der Waals surface area contributed by atoms with Crippen LogP contribution in [0.5, 0.6) is 0 Å². The number of aryl methyl sites for hydroxylation is 1. The lowest BCUT2D eigenvalue weighted by atomic mass is 10.0. The Hall–Kier alpha value is -3.94. The molecule has 3 aromatic rings. The van der Waals surface area contributed by atoms with Crippen molar-refractivity contribution in [1.82, 2.24) is 0 Å². The third-order valence-corrected chi connectivity index (χ3v) is 5.18. The summed E-state index contributed by atoms with van der Waals surface area (Å²) in [6.45, 7) is 2.11. The Morgan fingerprint density at radius 1 is 1.10 bits per heavy atom. The zero-order valence-corrected chi connectivity index (χ0v) is 16.8. The Morgan fingerprint density at radius 2 is 1.84 bits per heavy atom. The van der Waals surface area contributed by atoms with Crippen molar-refractivity contribution in [3.63, 3.8) is 0 Å². The molecule has 1 aromatic heterocycles. The molecule has 0 spiro atoms. The molecule has 0 aliphatic carbocycles. The van der Waals surface area contributed by atoms with Crippen LogP contribution in [0.1, 0.15) is 29.5 Å². The first-order valence-electron chi connectivity index (χ1n) is 9.89. The van der Waals surface area contributed by atoms with Crippen molar-refractivity contribution in [3.05, 3.63) is 82.1 Å². The van der Waals surface area contributed by atoms with Gasteiger partial charge in [0.05, 0.1) is 4.92 Å². The lowest BCUT2D eigenvalue weighted by molar-refractivity contribution is -0.384. The van der Waals surface area contributed by atoms with Crippen molar-refractivity contribution in [3.8, 4) is 11.3 Å². The van der Waals surface area contributed by atoms with Crippen molar-refractivity contribution in [2.24, 2.45) is 0 Å². The Bertz CT molecular complexity index is 1130. The van der Waals surface area contributed by atoms with E-state index in [-0.39, 0.29) is 17.4 Å². The minimum absolute atomic E-state index is 0.0402. The topological polar surface area (TPSA) is 103 Å². The zero-order chi connectivity index (χ0) is 22.0. The van der Waals surface area contributed by atoms with Crippen LogP contribution in [0.15, 0.2) is 65.1 Å². The molecule has 4 rings (SSSR count). The van der Waals surface area contributed by atoms with Crippen LogP contribution in [0.2, 0.25) is 0 Å². The minimum Gasteiger partial charge on any atom is -0.449 e. The number of para-hydroxylation sites is 1. The number of anilines is 1. The van der Waals surface area contributed by atoms with Gasteiger partial charge in [0.25, 0.3) is 11.6 Å². The number of hydrogen-bond acceptors (Lipinski definition) is 6. The number of benzene rings is 2. The third kappa shape index (κ3) is 4.18. The van der Waals surface area contributed by atoms with Crippen molar-refractivity contribution in [1.29, 1.82) is 0 Å². The van der Waals surface area contributed by atoms with Crippen LogP contribution >= 0.6 is 0 Å². The van der Waals surface area contributed by atoms with Gasteiger partial charge in [-0.05, 0) is 55.7 Å². The second-order valence-electron chi connectivity index (χ2n) is 7.24. The highest BCUT2D eigenvalue weighted by molar-refractivity contribution is 5.99. The lowest BCUT2D eigenvalue weighted by Crippen LogP contribution is -2.42. The number of carbonyl (C=O) groups excluding carboxylic acids is 2. The van der Waals surface area contributed by atoms with E-state index >= 15 is 0 Å². The predicted octanol–water partition coefficient (Wildman–Crippen LogP) is 4.38. The lowest BCUT2D eigenvalue weighted by Gasteiger charge is -2.31. The number of esters is 1. The predicted molar refractivity (Wildman–Crippen MR) is 113 cm³/mol. The summed E-state index contributed by atoms with van der Waals surface area (Å²) in [4.78, 5) is 37.3. The number of nitrogens with zero attached hydrogens (tertiary/aromatic N) is 2. The van der Waals surface area contributed by atoms with E-state index in [1.54, 1.807) is 11.0 Å². The molecule has 1 amide bonds. The van der Waals surface area contributed by atoms with Crippen molar-refractivity contribution < 1.29 is 23.7 Å². The number of non-ortho nitro benzene ring substituents is 1. The van der Waals surface area contributed by atoms with Gasteiger partial charge in [0.15, 0.2) is 6.10 Å². The zero-order valence-electron chi connectivity index (χ0n) is 16.8. The molecule has 1 unspecified atom stereocenters. The molecule has 2 aromatic carbocycles. The highest BCUT2D eigenvalue weighted by Crippen LogP contribution is 2.28. The quantitative estimate of drug-likeness (QED) is 0.345. The van der Waals surface area contributed by atoms with Gasteiger partial charge in [0, 0.05) is 29.9 Å². The molecule has 0 saturated carbocycles. The normalized spacial score (nSPS) is 13.9. The number of hydrogen-bond donors (Lipinski definition) is 0. The molecule has 8 heteroatoms. The maximum absolute atomic E-state index is 12.9. The monoisotopic (exact) mass is 420 g/mol. The van der Waals surface area contributed by atoms with Gasteiger partial charge < -0.3 is 14.1 Å². The average molecular weight is 420 g/mol. The van der Waals surface area contributed by atoms with Crippen molar-refractivity contribution in [2.75, 3.05) is 11.4 Å². The molecule has 0 N–H and O–H groups in total. The summed E-state index contributed by atoms with van der Waals surface area (Å²) in [5, 5.41) is 10.8. The maximum atomic E-state index is 12.9. The Kier molecular flexibility index (Phi) is 5.53. The largest absolute Gasteiger partial charge is 0.449 e. The van der Waals surface area contributed by atoms with Gasteiger partial charge in [-0.25, -0.2) is 4.79 Å². The van der Waals surface area contributed by atoms with E-state index in [9.17, 15) is 19.7 Å². The summed E-state index contributed by atoms with van der Waals surface area (Å²) in [5.41, 5.74) is 2.49. The van der Waals surface area contributed by atoms with Crippen LogP contribution < -0.4 is 4.90 Å². The highest BCUT2D eigenvalue weighted by Gasteiger charge is 2.29. The average Bonchev–Trinajstić information content (AvgIpc) is 3.29. The van der Waals surface area contributed by atoms with Crippen LogP contribution in [0.3, 0.4) is 0 Å². The number of ether oxygens (including phenoxy) is 1. The van der Waals surface area contributed by atoms with Crippen LogP contribution in [0, 0.1) is 10.1 Å². The van der Waals surface area contributed by atoms with E-state index in [4.69, 9.17) is 9.15 Å². The standard InChI is InChI=1S/C23H20N2O6/c1-15(22(26)24-14-4-6-16-5-2-3-7-19(16)24)30-23(27)21-13-12-20(31-21)17-8-10-18(11-9-17)25(28)29/h2-3,5,7-13,15H,4,6,14H2,1H3. The van der Waals surface area contributed by atoms with E-state index in [0.29, 0.717) is 17.9 Å². The third-order valence-electron chi connectivity index (χ3n) is 5.18. The van der Waals surface area contributed by atoms with Crippen molar-refractivity contribution in [2.45, 2.75) is 25.9 Å². The second kappa shape index (κ2) is 8.43. The summed E-state index contributed by atoms with van der Waals surface area (Å²) >= 11 is 0. The van der Waals surface area contributed by atoms with Gasteiger partial charge in [-0.3, -0.25) is 14.9 Å². The Labute approximate surface area is 178 Å². The van der Waals surface area contributed by atoms with Crippen LogP contribution in [-0.2, 0) is 16.0 Å². The fourth-order valence-electron chi connectivity index (χ4n) is 3.60. The number of fused-ring (bicyclic) bond motifs is 1. The Balaban J connectivity index is 1.44. The first-order valence-corrected chi connectivity index (χ1v) is 9.89. The second-order valence-corrected chi connectivity index (χ2v) is 7.24. The minimum atomic E-state index is -0.980. The van der Waals surface area contributed by atoms with Gasteiger partial charge in [0.1, 0.15) is 5.76 Å². The summed E-state index contributed by atoms with van der Waals surface area (Å²) in [6, 6.07) is 16.5. The molecule has 0 fully saturated rings. The van der Waals surface area contributed by atoms with Gasteiger partial charge in [-0.1, -0.05) is 18.2 Å². The van der Waals surface area contributed by atoms with Gasteiger partial charge in [-0.2, -0.15) is 0 Å². The number of furan rings is 1. The SMILES string of the molecule is CC(OC(=O)c1ccc(-c2ccc([N+](=O)[O-])cc2)o1)C(=O)N1CCCc2ccccc21. The van der Waals surface area contributed by atoms with E-state index in [1.807, 2.05) is 24.3 Å². The highest BCUT2D eigenvalue weighted by atomic mass is 16.6. The first-order chi connectivity index (χ1) is 14.9. The molecule has 158 valence electrons. The fourth-order valence-corrected chi connectivity index (χ4v) is 3.60. The Morgan fingerprint density at radius 3 is 2.58 bits per heavy atom. The molecule has 0 saturated heterocycles. The number of carbonyl (C=O) groups is 2. The molecule has 1 aliphatic heterocycles. The van der Waals surface area contributed by atoms with Gasteiger partial charge in [-0.15, -0.1) is 0 Å². The molecular weight excluding hydrogens is 400 g/mol. The van der Waals surface area contributed by atoms with Crippen LogP contribution in [0.4, 0.5) is 11.4 Å². The molecule has 31 heavy (non-hydrogen) atoms. The molecule has 0 bridgehead atoms. The molecule has 2 heterocycles. The summed E-state index contributed by atoms with van der Waals surface area (Å²) in [5.74, 6) is -0.722. The van der Waals surface area contributed by atoms with E-state index in [2.05, 4.69) is 0 Å². The van der Waals surface area contributed by atoms with Crippen LogP contribution in [0.25, 0.3) is 11.3 Å². The van der Waals surface area contributed by atoms with E-state index in [0.717, 1.165) is 24.1 Å².